The van der Waals surface area contributed by atoms with Gasteiger partial charge in [-0.2, -0.15) is 5.10 Å². The number of hydrogen-bond donors (Lipinski definition) is 2. The summed E-state index contributed by atoms with van der Waals surface area (Å²) in [6.45, 7) is 4.86. The molecule has 3 N–H and O–H groups in total. The van der Waals surface area contributed by atoms with E-state index in [4.69, 9.17) is 10.6 Å². The molecule has 0 saturated carbocycles. The Hall–Kier alpha value is -1.92. The Kier molecular flexibility index (Phi) is 4.70. The van der Waals surface area contributed by atoms with Gasteiger partial charge in [-0.25, -0.2) is 4.98 Å². The molecule has 6 nitrogen and oxygen atoms in total. The van der Waals surface area contributed by atoms with Crippen LogP contribution in [0.1, 0.15) is 29.9 Å². The summed E-state index contributed by atoms with van der Waals surface area (Å²) >= 11 is 0. The molecule has 2 rings (SSSR count). The van der Waals surface area contributed by atoms with Gasteiger partial charge in [0.2, 0.25) is 0 Å². The van der Waals surface area contributed by atoms with Gasteiger partial charge in [-0.3, -0.25) is 16.0 Å². The Labute approximate surface area is 118 Å². The van der Waals surface area contributed by atoms with Crippen molar-refractivity contribution >= 4 is 0 Å². The maximum absolute atomic E-state index is 5.69. The minimum atomic E-state index is -0.00546. The van der Waals surface area contributed by atoms with Crippen molar-refractivity contribution in [1.82, 2.24) is 20.2 Å². The maximum atomic E-state index is 5.69. The lowest BCUT2D eigenvalue weighted by Crippen LogP contribution is -2.30. The van der Waals surface area contributed by atoms with Crippen LogP contribution in [0.3, 0.4) is 0 Å². The van der Waals surface area contributed by atoms with Crippen LogP contribution in [0.4, 0.5) is 0 Å². The number of benzene rings is 1. The van der Waals surface area contributed by atoms with Crippen molar-refractivity contribution in [2.24, 2.45) is 5.84 Å². The highest BCUT2D eigenvalue weighted by atomic mass is 16.5. The Morgan fingerprint density at radius 1 is 1.45 bits per heavy atom. The number of aromatic nitrogens is 3. The molecule has 1 aromatic heterocycles. The maximum Gasteiger partial charge on any atom is 0.138 e. The Morgan fingerprint density at radius 3 is 2.85 bits per heavy atom. The van der Waals surface area contributed by atoms with Crippen LogP contribution < -0.4 is 16.0 Å². The monoisotopic (exact) mass is 275 g/mol. The molecule has 0 aliphatic heterocycles. The molecule has 20 heavy (non-hydrogen) atoms. The minimum Gasteiger partial charge on any atom is -0.496 e. The molecule has 0 fully saturated rings. The highest BCUT2D eigenvalue weighted by molar-refractivity contribution is 5.37. The summed E-state index contributed by atoms with van der Waals surface area (Å²) in [6.07, 6.45) is 2.27. The number of hydrogen-bond acceptors (Lipinski definition) is 5. The van der Waals surface area contributed by atoms with Crippen molar-refractivity contribution in [1.29, 1.82) is 0 Å². The summed E-state index contributed by atoms with van der Waals surface area (Å²) in [5.74, 6) is 7.49. The van der Waals surface area contributed by atoms with Gasteiger partial charge in [-0.15, -0.1) is 0 Å². The SMILES string of the molecule is CCn1ncnc1CC(NN)c1ccc(OC)c(C)c1. The molecular formula is C14H21N5O. The Bertz CT molecular complexity index is 566. The fourth-order valence-corrected chi connectivity index (χ4v) is 2.28. The highest BCUT2D eigenvalue weighted by Crippen LogP contribution is 2.24. The van der Waals surface area contributed by atoms with Gasteiger partial charge in [0.15, 0.2) is 0 Å². The first-order chi connectivity index (χ1) is 9.69. The fourth-order valence-electron chi connectivity index (χ4n) is 2.28. The first-order valence-corrected chi connectivity index (χ1v) is 6.67. The molecule has 1 heterocycles. The fraction of sp³-hybridized carbons (Fsp3) is 0.429. The summed E-state index contributed by atoms with van der Waals surface area (Å²) in [6, 6.07) is 6.05. The lowest BCUT2D eigenvalue weighted by atomic mass is 10.0. The predicted octanol–water partition coefficient (Wildman–Crippen LogP) is 1.36. The molecule has 0 aliphatic carbocycles. The van der Waals surface area contributed by atoms with Gasteiger partial charge in [0, 0.05) is 13.0 Å². The number of methoxy groups -OCH3 is 1. The van der Waals surface area contributed by atoms with E-state index in [1.54, 1.807) is 13.4 Å². The molecule has 6 heteroatoms. The molecule has 0 radical (unpaired) electrons. The third-order valence-electron chi connectivity index (χ3n) is 3.40. The van der Waals surface area contributed by atoms with E-state index in [1.165, 1.54) is 0 Å². The topological polar surface area (TPSA) is 78.0 Å². The molecule has 0 amide bonds. The van der Waals surface area contributed by atoms with Crippen LogP contribution in [0.5, 0.6) is 5.75 Å². The van der Waals surface area contributed by atoms with Gasteiger partial charge >= 0.3 is 0 Å². The normalized spacial score (nSPS) is 12.4. The Morgan fingerprint density at radius 2 is 2.25 bits per heavy atom. The third kappa shape index (κ3) is 2.97. The van der Waals surface area contributed by atoms with E-state index >= 15 is 0 Å². The van der Waals surface area contributed by atoms with Crippen molar-refractivity contribution in [2.75, 3.05) is 7.11 Å². The van der Waals surface area contributed by atoms with Gasteiger partial charge < -0.3 is 4.74 Å². The van der Waals surface area contributed by atoms with Crippen molar-refractivity contribution in [3.05, 3.63) is 41.5 Å². The van der Waals surface area contributed by atoms with Crippen LogP contribution in [0.25, 0.3) is 0 Å². The van der Waals surface area contributed by atoms with Crippen molar-refractivity contribution < 1.29 is 4.74 Å². The van der Waals surface area contributed by atoms with Gasteiger partial charge in [0.25, 0.3) is 0 Å². The van der Waals surface area contributed by atoms with Crippen molar-refractivity contribution in [2.45, 2.75) is 32.9 Å². The van der Waals surface area contributed by atoms with Crippen LogP contribution >= 0.6 is 0 Å². The van der Waals surface area contributed by atoms with Gasteiger partial charge in [-0.05, 0) is 31.0 Å². The summed E-state index contributed by atoms with van der Waals surface area (Å²) in [5.41, 5.74) is 5.04. The van der Waals surface area contributed by atoms with E-state index in [1.807, 2.05) is 30.7 Å². The van der Waals surface area contributed by atoms with Gasteiger partial charge in [-0.1, -0.05) is 12.1 Å². The number of aryl methyl sites for hydroxylation is 2. The zero-order valence-electron chi connectivity index (χ0n) is 12.1. The molecule has 0 aliphatic rings. The largest absolute Gasteiger partial charge is 0.496 e. The number of nitrogens with two attached hydrogens (primary N) is 1. The van der Waals surface area contributed by atoms with Crippen molar-refractivity contribution in [3.8, 4) is 5.75 Å². The van der Waals surface area contributed by atoms with Crippen LogP contribution in [0.15, 0.2) is 24.5 Å². The second-order valence-electron chi connectivity index (χ2n) is 4.64. The smallest absolute Gasteiger partial charge is 0.138 e. The predicted molar refractivity (Wildman–Crippen MR) is 77.2 cm³/mol. The lowest BCUT2D eigenvalue weighted by Gasteiger charge is -2.17. The Balaban J connectivity index is 2.22. The average molecular weight is 275 g/mol. The number of nitrogens with one attached hydrogen (secondary N) is 1. The zero-order chi connectivity index (χ0) is 14.5. The summed E-state index contributed by atoms with van der Waals surface area (Å²) in [5, 5.41) is 4.18. The van der Waals surface area contributed by atoms with Crippen molar-refractivity contribution in [3.63, 3.8) is 0 Å². The molecule has 1 atom stereocenters. The quantitative estimate of drug-likeness (QED) is 0.615. The molecule has 0 spiro atoms. The van der Waals surface area contributed by atoms with E-state index in [0.29, 0.717) is 6.42 Å². The molecular weight excluding hydrogens is 254 g/mol. The second-order valence-corrected chi connectivity index (χ2v) is 4.64. The minimum absolute atomic E-state index is 0.00546. The lowest BCUT2D eigenvalue weighted by molar-refractivity contribution is 0.411. The van der Waals surface area contributed by atoms with E-state index < -0.39 is 0 Å². The van der Waals surface area contributed by atoms with Gasteiger partial charge in [0.1, 0.15) is 17.9 Å². The molecule has 0 saturated heterocycles. The molecule has 2 aromatic rings. The summed E-state index contributed by atoms with van der Waals surface area (Å²) in [7, 11) is 1.67. The zero-order valence-corrected chi connectivity index (χ0v) is 12.1. The number of ether oxygens (including phenoxy) is 1. The first-order valence-electron chi connectivity index (χ1n) is 6.67. The second kappa shape index (κ2) is 6.49. The highest BCUT2D eigenvalue weighted by Gasteiger charge is 2.15. The van der Waals surface area contributed by atoms with E-state index in [-0.39, 0.29) is 6.04 Å². The number of rotatable bonds is 6. The van der Waals surface area contributed by atoms with Crippen LogP contribution in [0.2, 0.25) is 0 Å². The average Bonchev–Trinajstić information content (AvgIpc) is 2.91. The number of nitrogens with zero attached hydrogens (tertiary/aromatic N) is 3. The van der Waals surface area contributed by atoms with E-state index in [0.717, 1.165) is 29.2 Å². The molecule has 1 unspecified atom stereocenters. The first kappa shape index (κ1) is 14.5. The summed E-state index contributed by atoms with van der Waals surface area (Å²) in [4.78, 5) is 4.29. The van der Waals surface area contributed by atoms with E-state index in [9.17, 15) is 0 Å². The molecule has 1 aromatic carbocycles. The summed E-state index contributed by atoms with van der Waals surface area (Å²) < 4.78 is 7.15. The van der Waals surface area contributed by atoms with Crippen LogP contribution in [-0.4, -0.2) is 21.9 Å². The standard InChI is InChI=1S/C14H21N5O/c1-4-19-14(16-9-17-19)8-12(18-15)11-5-6-13(20-3)10(2)7-11/h5-7,9,12,18H,4,8,15H2,1-3H3. The number of hydrazine groups is 1. The third-order valence-corrected chi connectivity index (χ3v) is 3.40. The van der Waals surface area contributed by atoms with Crippen LogP contribution in [-0.2, 0) is 13.0 Å². The van der Waals surface area contributed by atoms with E-state index in [2.05, 4.69) is 21.6 Å². The molecule has 108 valence electrons. The van der Waals surface area contributed by atoms with Gasteiger partial charge in [0.05, 0.1) is 13.2 Å². The molecule has 0 bridgehead atoms. The van der Waals surface area contributed by atoms with Crippen LogP contribution in [0, 0.1) is 6.92 Å².